The molecule has 2 atom stereocenters. The molecule has 0 radical (unpaired) electrons. The first kappa shape index (κ1) is 23.1. The first-order chi connectivity index (χ1) is 15.1. The number of ether oxygens (including phenoxy) is 2. The Morgan fingerprint density at radius 2 is 1.71 bits per heavy atom. The molecule has 1 aliphatic rings. The van der Waals surface area contributed by atoms with Crippen LogP contribution in [0.15, 0.2) is 54.6 Å². The van der Waals surface area contributed by atoms with Gasteiger partial charge in [0, 0.05) is 26.2 Å². The van der Waals surface area contributed by atoms with E-state index >= 15 is 0 Å². The maximum Gasteiger partial charge on any atom is 0.323 e. The van der Waals surface area contributed by atoms with E-state index in [0.29, 0.717) is 31.0 Å². The molecule has 1 amide bonds. The molecule has 1 fully saturated rings. The van der Waals surface area contributed by atoms with E-state index in [0.717, 1.165) is 24.4 Å². The molecule has 2 aromatic rings. The van der Waals surface area contributed by atoms with Crippen LogP contribution in [0.2, 0.25) is 0 Å². The van der Waals surface area contributed by atoms with Crippen molar-refractivity contribution in [3.63, 3.8) is 0 Å². The summed E-state index contributed by atoms with van der Waals surface area (Å²) in [5, 5.41) is 2.73. The van der Waals surface area contributed by atoms with E-state index in [1.165, 1.54) is 18.9 Å². The fourth-order valence-corrected chi connectivity index (χ4v) is 4.51. The third-order valence-corrected chi connectivity index (χ3v) is 6.31. The molecule has 0 aliphatic carbocycles. The highest BCUT2D eigenvalue weighted by Crippen LogP contribution is 2.32. The highest BCUT2D eigenvalue weighted by molar-refractivity contribution is 8.00. The molecule has 7 nitrogen and oxygen atoms in total. The van der Waals surface area contributed by atoms with Gasteiger partial charge in [-0.1, -0.05) is 30.3 Å². The van der Waals surface area contributed by atoms with Crippen LogP contribution in [0.25, 0.3) is 0 Å². The van der Waals surface area contributed by atoms with Crippen LogP contribution in [-0.4, -0.2) is 61.9 Å². The van der Waals surface area contributed by atoms with Gasteiger partial charge in [0.15, 0.2) is 0 Å². The molecule has 3 N–H and O–H groups in total. The number of nitrogens with zero attached hydrogens (tertiary/aromatic N) is 1. The summed E-state index contributed by atoms with van der Waals surface area (Å²) >= 11 is 1.43. The summed E-state index contributed by atoms with van der Waals surface area (Å²) in [5.41, 5.74) is 6.94. The zero-order chi connectivity index (χ0) is 22.1. The van der Waals surface area contributed by atoms with Gasteiger partial charge < -0.3 is 25.4 Å². The number of carbonyl (C=O) groups is 2. The zero-order valence-electron chi connectivity index (χ0n) is 17.7. The summed E-state index contributed by atoms with van der Waals surface area (Å²) in [5.74, 6) is 1.65. The number of esters is 1. The largest absolute Gasteiger partial charge is 0.468 e. The highest BCUT2D eigenvalue weighted by atomic mass is 32.2. The van der Waals surface area contributed by atoms with Gasteiger partial charge in [0.1, 0.15) is 16.7 Å². The van der Waals surface area contributed by atoms with E-state index < -0.39 is 11.3 Å². The predicted molar refractivity (Wildman–Crippen MR) is 122 cm³/mol. The monoisotopic (exact) mass is 443 g/mol. The second-order valence-corrected chi connectivity index (χ2v) is 8.44. The second-order valence-electron chi connectivity index (χ2n) is 7.23. The molecular weight excluding hydrogens is 414 g/mol. The van der Waals surface area contributed by atoms with Gasteiger partial charge in [0.05, 0.1) is 13.2 Å². The van der Waals surface area contributed by atoms with Gasteiger partial charge in [-0.2, -0.15) is 0 Å². The summed E-state index contributed by atoms with van der Waals surface area (Å²) in [6.45, 7) is 2.95. The normalized spacial score (nSPS) is 15.7. The minimum Gasteiger partial charge on any atom is -0.468 e. The number of para-hydroxylation sites is 1. The maximum atomic E-state index is 12.5. The molecule has 8 heteroatoms. The van der Waals surface area contributed by atoms with Gasteiger partial charge in [-0.05, 0) is 42.0 Å². The number of rotatable bonds is 9. The van der Waals surface area contributed by atoms with E-state index in [1.807, 2.05) is 54.6 Å². The molecule has 0 spiro atoms. The summed E-state index contributed by atoms with van der Waals surface area (Å²) < 4.78 is 10.8. The molecule has 1 aliphatic heterocycles. The van der Waals surface area contributed by atoms with E-state index in [-0.39, 0.29) is 11.9 Å². The van der Waals surface area contributed by atoms with Crippen LogP contribution in [0, 0.1) is 0 Å². The molecule has 1 heterocycles. The molecule has 3 rings (SSSR count). The summed E-state index contributed by atoms with van der Waals surface area (Å²) in [6.07, 6.45) is 0.496. The number of hydrogen-bond acceptors (Lipinski definition) is 7. The Morgan fingerprint density at radius 1 is 1.06 bits per heavy atom. The Morgan fingerprint density at radius 3 is 2.35 bits per heavy atom. The summed E-state index contributed by atoms with van der Waals surface area (Å²) in [4.78, 5) is 26.6. The van der Waals surface area contributed by atoms with Crippen LogP contribution in [0.1, 0.15) is 17.2 Å². The predicted octanol–water partition coefficient (Wildman–Crippen LogP) is 2.58. The van der Waals surface area contributed by atoms with E-state index in [2.05, 4.69) is 5.32 Å². The van der Waals surface area contributed by atoms with Crippen molar-refractivity contribution in [1.82, 2.24) is 10.2 Å². The van der Waals surface area contributed by atoms with Crippen molar-refractivity contribution in [2.24, 2.45) is 5.73 Å². The molecule has 0 bridgehead atoms. The van der Waals surface area contributed by atoms with E-state index in [4.69, 9.17) is 15.2 Å². The van der Waals surface area contributed by atoms with Crippen molar-refractivity contribution in [2.45, 2.75) is 17.7 Å². The van der Waals surface area contributed by atoms with Gasteiger partial charge in [-0.15, -0.1) is 11.8 Å². The van der Waals surface area contributed by atoms with E-state index in [1.54, 1.807) is 4.90 Å². The molecule has 2 aromatic carbocycles. The van der Waals surface area contributed by atoms with Crippen molar-refractivity contribution in [1.29, 1.82) is 0 Å². The minimum absolute atomic E-state index is 0.0286. The fourth-order valence-electron chi connectivity index (χ4n) is 3.30. The Balaban J connectivity index is 1.56. The Labute approximate surface area is 187 Å². The van der Waals surface area contributed by atoms with Gasteiger partial charge in [0.25, 0.3) is 0 Å². The lowest BCUT2D eigenvalue weighted by atomic mass is 10.1. The molecule has 31 heavy (non-hydrogen) atoms. The first-order valence-corrected chi connectivity index (χ1v) is 11.4. The SMILES string of the molecule is COC(=O)[C@H](SCC[C@H](N)C(=O)N1CCNCC1)c1ccc(Oc2ccccc2)cc1. The molecule has 0 unspecified atom stereocenters. The highest BCUT2D eigenvalue weighted by Gasteiger charge is 2.25. The number of benzene rings is 2. The Bertz CT molecular complexity index is 842. The lowest BCUT2D eigenvalue weighted by molar-refractivity contribution is -0.140. The van der Waals surface area contributed by atoms with Crippen LogP contribution in [-0.2, 0) is 14.3 Å². The lowest BCUT2D eigenvalue weighted by Crippen LogP contribution is -2.52. The summed E-state index contributed by atoms with van der Waals surface area (Å²) in [7, 11) is 1.38. The third-order valence-electron chi connectivity index (χ3n) is 5.04. The molecule has 0 saturated carbocycles. The van der Waals surface area contributed by atoms with Gasteiger partial charge in [-0.3, -0.25) is 9.59 Å². The lowest BCUT2D eigenvalue weighted by Gasteiger charge is -2.29. The number of amides is 1. The van der Waals surface area contributed by atoms with Crippen molar-refractivity contribution in [3.05, 3.63) is 60.2 Å². The van der Waals surface area contributed by atoms with Crippen molar-refractivity contribution in [3.8, 4) is 11.5 Å². The Kier molecular flexibility index (Phi) is 8.75. The van der Waals surface area contributed by atoms with Crippen LogP contribution in [0.3, 0.4) is 0 Å². The number of nitrogens with two attached hydrogens (primary N) is 1. The molecule has 1 saturated heterocycles. The second kappa shape index (κ2) is 11.7. The van der Waals surface area contributed by atoms with Crippen LogP contribution in [0.4, 0.5) is 0 Å². The third kappa shape index (κ3) is 6.72. The minimum atomic E-state index is -0.564. The fraction of sp³-hybridized carbons (Fsp3) is 0.391. The number of hydrogen-bond donors (Lipinski definition) is 2. The zero-order valence-corrected chi connectivity index (χ0v) is 18.5. The average Bonchev–Trinajstić information content (AvgIpc) is 2.82. The molecular formula is C23H29N3O4S. The maximum absolute atomic E-state index is 12.5. The molecule has 166 valence electrons. The molecule has 0 aromatic heterocycles. The number of nitrogens with one attached hydrogen (secondary N) is 1. The summed E-state index contributed by atoms with van der Waals surface area (Å²) in [6, 6.07) is 16.3. The van der Waals surface area contributed by atoms with E-state index in [9.17, 15) is 9.59 Å². The van der Waals surface area contributed by atoms with Crippen molar-refractivity contribution in [2.75, 3.05) is 39.0 Å². The van der Waals surface area contributed by atoms with Gasteiger partial charge in [0.2, 0.25) is 5.91 Å². The smallest absolute Gasteiger partial charge is 0.323 e. The quantitative estimate of drug-likeness (QED) is 0.575. The van der Waals surface area contributed by atoms with Crippen LogP contribution >= 0.6 is 11.8 Å². The van der Waals surface area contributed by atoms with Crippen LogP contribution < -0.4 is 15.8 Å². The number of methoxy groups -OCH3 is 1. The van der Waals surface area contributed by atoms with Gasteiger partial charge >= 0.3 is 5.97 Å². The van der Waals surface area contributed by atoms with Crippen molar-refractivity contribution < 1.29 is 19.1 Å². The number of carbonyl (C=O) groups excluding carboxylic acids is 2. The number of thioether (sulfide) groups is 1. The standard InChI is InChI=1S/C23H29N3O4S/c1-29-23(28)21(31-16-11-20(24)22(27)26-14-12-25-13-15-26)17-7-9-19(10-8-17)30-18-5-3-2-4-6-18/h2-10,20-21,25H,11-16,24H2,1H3/t20-,21+/m0/s1. The Hall–Kier alpha value is -2.55. The topological polar surface area (TPSA) is 93.9 Å². The number of piperazine rings is 1. The van der Waals surface area contributed by atoms with Crippen molar-refractivity contribution >= 4 is 23.6 Å². The van der Waals surface area contributed by atoms with Crippen LogP contribution in [0.5, 0.6) is 11.5 Å². The van der Waals surface area contributed by atoms with Gasteiger partial charge in [-0.25, -0.2) is 0 Å². The average molecular weight is 444 g/mol. The first-order valence-electron chi connectivity index (χ1n) is 10.4.